The first kappa shape index (κ1) is 13.5. The molecule has 5 nitrogen and oxygen atoms in total. The third-order valence-corrected chi connectivity index (χ3v) is 3.68. The van der Waals surface area contributed by atoms with E-state index >= 15 is 0 Å². The lowest BCUT2D eigenvalue weighted by atomic mass is 10.1. The zero-order valence-corrected chi connectivity index (χ0v) is 12.0. The molecule has 1 saturated heterocycles. The fourth-order valence-electron chi connectivity index (χ4n) is 2.43. The molecule has 2 heterocycles. The van der Waals surface area contributed by atoms with Crippen molar-refractivity contribution in [2.45, 2.75) is 25.5 Å². The van der Waals surface area contributed by atoms with Gasteiger partial charge in [0.05, 0.1) is 12.1 Å². The summed E-state index contributed by atoms with van der Waals surface area (Å²) in [4.78, 5) is 6.48. The molecular weight excluding hydrogens is 278 g/mol. The zero-order valence-electron chi connectivity index (χ0n) is 11.2. The van der Waals surface area contributed by atoms with Crippen molar-refractivity contribution in [2.75, 3.05) is 13.1 Å². The Bertz CT molecular complexity index is 612. The molecule has 3 rings (SSSR count). The van der Waals surface area contributed by atoms with Gasteiger partial charge in [-0.3, -0.25) is 4.90 Å². The molecule has 0 bridgehead atoms. The van der Waals surface area contributed by atoms with E-state index in [2.05, 4.69) is 15.0 Å². The number of hydrogen-bond donors (Lipinski definition) is 1. The van der Waals surface area contributed by atoms with Crippen LogP contribution in [0.1, 0.15) is 19.2 Å². The summed E-state index contributed by atoms with van der Waals surface area (Å²) in [6, 6.07) is 7.35. The Kier molecular flexibility index (Phi) is 3.50. The summed E-state index contributed by atoms with van der Waals surface area (Å²) in [6.45, 7) is 3.87. The van der Waals surface area contributed by atoms with Gasteiger partial charge in [0.2, 0.25) is 11.7 Å². The van der Waals surface area contributed by atoms with Gasteiger partial charge in [-0.25, -0.2) is 0 Å². The van der Waals surface area contributed by atoms with Crippen molar-refractivity contribution in [3.63, 3.8) is 0 Å². The average molecular weight is 294 g/mol. The molecule has 1 aliphatic heterocycles. The van der Waals surface area contributed by atoms with Crippen molar-refractivity contribution in [2.24, 2.45) is 0 Å². The maximum absolute atomic E-state index is 9.93. The van der Waals surface area contributed by atoms with Crippen LogP contribution in [-0.4, -0.2) is 38.8 Å². The summed E-state index contributed by atoms with van der Waals surface area (Å²) in [6.07, 6.45) is 0.766. The van der Waals surface area contributed by atoms with Gasteiger partial charge in [-0.15, -0.1) is 0 Å². The highest BCUT2D eigenvalue weighted by molar-refractivity contribution is 6.30. The molecule has 1 aromatic heterocycles. The standard InChI is InChI=1S/C14H16ClN3O2/c1-14(19)5-6-18(9-14)8-12-16-13(17-20-12)10-3-2-4-11(15)7-10/h2-4,7,19H,5-6,8-9H2,1H3. The Morgan fingerprint density at radius 2 is 2.35 bits per heavy atom. The smallest absolute Gasteiger partial charge is 0.241 e. The summed E-state index contributed by atoms with van der Waals surface area (Å²) in [5, 5.41) is 14.5. The summed E-state index contributed by atoms with van der Waals surface area (Å²) in [5.74, 6) is 1.09. The van der Waals surface area contributed by atoms with Gasteiger partial charge >= 0.3 is 0 Å². The number of β-amino-alcohol motifs (C(OH)–C–C–N with tert-alkyl or cyclic N) is 1. The normalized spacial score (nSPS) is 23.4. The second-order valence-corrected chi connectivity index (χ2v) is 5.92. The molecule has 0 saturated carbocycles. The monoisotopic (exact) mass is 293 g/mol. The van der Waals surface area contributed by atoms with Crippen molar-refractivity contribution in [3.8, 4) is 11.4 Å². The first-order valence-corrected chi connectivity index (χ1v) is 6.93. The third kappa shape index (κ3) is 3.00. The lowest BCUT2D eigenvalue weighted by Gasteiger charge is -2.16. The number of nitrogens with zero attached hydrogens (tertiary/aromatic N) is 3. The minimum Gasteiger partial charge on any atom is -0.389 e. The van der Waals surface area contributed by atoms with Crippen molar-refractivity contribution in [1.82, 2.24) is 15.0 Å². The first-order chi connectivity index (χ1) is 9.52. The van der Waals surface area contributed by atoms with E-state index < -0.39 is 5.60 Å². The molecule has 1 aliphatic rings. The van der Waals surface area contributed by atoms with Gasteiger partial charge in [0.25, 0.3) is 0 Å². The van der Waals surface area contributed by atoms with Crippen molar-refractivity contribution < 1.29 is 9.63 Å². The van der Waals surface area contributed by atoms with E-state index in [1.807, 2.05) is 19.1 Å². The van der Waals surface area contributed by atoms with E-state index in [0.717, 1.165) is 18.5 Å². The molecule has 106 valence electrons. The van der Waals surface area contributed by atoms with E-state index in [9.17, 15) is 5.11 Å². The minimum absolute atomic E-state index is 0.536. The Morgan fingerprint density at radius 3 is 3.05 bits per heavy atom. The molecule has 1 aromatic carbocycles. The fourth-order valence-corrected chi connectivity index (χ4v) is 2.62. The van der Waals surface area contributed by atoms with E-state index in [4.69, 9.17) is 16.1 Å². The number of rotatable bonds is 3. The fraction of sp³-hybridized carbons (Fsp3) is 0.429. The van der Waals surface area contributed by atoms with Crippen LogP contribution in [0.5, 0.6) is 0 Å². The summed E-state index contributed by atoms with van der Waals surface area (Å²) < 4.78 is 5.26. The number of likely N-dealkylation sites (tertiary alicyclic amines) is 1. The Balaban J connectivity index is 1.71. The third-order valence-electron chi connectivity index (χ3n) is 3.44. The molecule has 1 fully saturated rings. The summed E-state index contributed by atoms with van der Waals surface area (Å²) >= 11 is 5.95. The van der Waals surface area contributed by atoms with E-state index in [0.29, 0.717) is 29.8 Å². The van der Waals surface area contributed by atoms with Gasteiger partial charge < -0.3 is 9.63 Å². The number of halogens is 1. The Morgan fingerprint density at radius 1 is 1.50 bits per heavy atom. The predicted octanol–water partition coefficient (Wildman–Crippen LogP) is 2.35. The second kappa shape index (κ2) is 5.16. The van der Waals surface area contributed by atoms with Crippen LogP contribution in [0.15, 0.2) is 28.8 Å². The SMILES string of the molecule is CC1(O)CCN(Cc2nc(-c3cccc(Cl)c3)no2)C1. The predicted molar refractivity (Wildman–Crippen MR) is 75.3 cm³/mol. The first-order valence-electron chi connectivity index (χ1n) is 6.55. The molecule has 20 heavy (non-hydrogen) atoms. The van der Waals surface area contributed by atoms with Crippen LogP contribution in [-0.2, 0) is 6.54 Å². The van der Waals surface area contributed by atoms with E-state index in [-0.39, 0.29) is 0 Å². The largest absolute Gasteiger partial charge is 0.389 e. The van der Waals surface area contributed by atoms with Gasteiger partial charge in [-0.2, -0.15) is 4.98 Å². The molecule has 0 amide bonds. The maximum atomic E-state index is 9.93. The molecule has 1 unspecified atom stereocenters. The highest BCUT2D eigenvalue weighted by atomic mass is 35.5. The van der Waals surface area contributed by atoms with Crippen molar-refractivity contribution >= 4 is 11.6 Å². The Hall–Kier alpha value is -1.43. The van der Waals surface area contributed by atoms with Crippen molar-refractivity contribution in [1.29, 1.82) is 0 Å². The number of aliphatic hydroxyl groups is 1. The number of benzene rings is 1. The van der Waals surface area contributed by atoms with Crippen LogP contribution in [0.4, 0.5) is 0 Å². The topological polar surface area (TPSA) is 62.4 Å². The van der Waals surface area contributed by atoms with Gasteiger partial charge in [0.1, 0.15) is 0 Å². The molecule has 1 N–H and O–H groups in total. The second-order valence-electron chi connectivity index (χ2n) is 5.48. The van der Waals surface area contributed by atoms with E-state index in [1.165, 1.54) is 0 Å². The molecule has 0 spiro atoms. The average Bonchev–Trinajstić information content (AvgIpc) is 2.97. The van der Waals surface area contributed by atoms with Crippen LogP contribution in [0.3, 0.4) is 0 Å². The highest BCUT2D eigenvalue weighted by Gasteiger charge is 2.32. The zero-order chi connectivity index (χ0) is 14.2. The molecule has 0 aliphatic carbocycles. The quantitative estimate of drug-likeness (QED) is 0.941. The molecule has 2 aromatic rings. The molecule has 1 atom stereocenters. The molecular formula is C14H16ClN3O2. The number of aromatic nitrogens is 2. The van der Waals surface area contributed by atoms with Gasteiger partial charge in [-0.05, 0) is 25.5 Å². The number of hydrogen-bond acceptors (Lipinski definition) is 5. The van der Waals surface area contributed by atoms with Gasteiger partial charge in [-0.1, -0.05) is 28.9 Å². The Labute approximate surface area is 122 Å². The lowest BCUT2D eigenvalue weighted by molar-refractivity contribution is 0.0665. The lowest BCUT2D eigenvalue weighted by Crippen LogP contribution is -2.29. The van der Waals surface area contributed by atoms with Crippen LogP contribution in [0, 0.1) is 0 Å². The molecule has 6 heteroatoms. The van der Waals surface area contributed by atoms with Crippen molar-refractivity contribution in [3.05, 3.63) is 35.2 Å². The van der Waals surface area contributed by atoms with Crippen LogP contribution < -0.4 is 0 Å². The van der Waals surface area contributed by atoms with Gasteiger partial charge in [0, 0.05) is 23.7 Å². The van der Waals surface area contributed by atoms with Crippen LogP contribution in [0.25, 0.3) is 11.4 Å². The van der Waals surface area contributed by atoms with E-state index in [1.54, 1.807) is 12.1 Å². The van der Waals surface area contributed by atoms with Gasteiger partial charge in [0.15, 0.2) is 0 Å². The maximum Gasteiger partial charge on any atom is 0.241 e. The summed E-state index contributed by atoms with van der Waals surface area (Å²) in [5.41, 5.74) is 0.219. The minimum atomic E-state index is -0.615. The van der Waals surface area contributed by atoms with Crippen LogP contribution >= 0.6 is 11.6 Å². The van der Waals surface area contributed by atoms with Crippen LogP contribution in [0.2, 0.25) is 5.02 Å². The summed E-state index contributed by atoms with van der Waals surface area (Å²) in [7, 11) is 0. The highest BCUT2D eigenvalue weighted by Crippen LogP contribution is 2.23. The molecule has 0 radical (unpaired) electrons.